The molecule has 0 aromatic heterocycles. The van der Waals surface area contributed by atoms with Crippen LogP contribution in [0.4, 0.5) is 0 Å². The van der Waals surface area contributed by atoms with Crippen molar-refractivity contribution >= 4 is 24.0 Å². The van der Waals surface area contributed by atoms with Crippen molar-refractivity contribution in [3.05, 3.63) is 64.7 Å². The fourth-order valence-corrected chi connectivity index (χ4v) is 5.10. The number of rotatable bonds is 5. The summed E-state index contributed by atoms with van der Waals surface area (Å²) in [7, 11) is 0. The Morgan fingerprint density at radius 1 is 1.19 bits per heavy atom. The number of halogens is 1. The third-order valence-electron chi connectivity index (χ3n) is 5.99. The number of carbonyl (C=O) groups excluding carboxylic acids is 1. The van der Waals surface area contributed by atoms with Crippen molar-refractivity contribution in [1.29, 1.82) is 0 Å². The van der Waals surface area contributed by atoms with Crippen molar-refractivity contribution in [3.8, 4) is 5.75 Å². The van der Waals surface area contributed by atoms with E-state index in [1.54, 1.807) is 6.92 Å². The topological polar surface area (TPSA) is 70.1 Å². The van der Waals surface area contributed by atoms with Gasteiger partial charge in [0.15, 0.2) is 0 Å². The number of amides is 1. The molecular formula is C24H29ClN2O4. The zero-order valence-corrected chi connectivity index (χ0v) is 18.7. The normalized spacial score (nSPS) is 22.4. The molecule has 3 atom stereocenters. The average Bonchev–Trinajstić information content (AvgIpc) is 3.29. The van der Waals surface area contributed by atoms with Gasteiger partial charge >= 0.3 is 0 Å². The van der Waals surface area contributed by atoms with Crippen LogP contribution in [0.15, 0.2) is 48.5 Å². The molecule has 4 rings (SSSR count). The first-order chi connectivity index (χ1) is 15.0. The van der Waals surface area contributed by atoms with Crippen LogP contribution in [0.5, 0.6) is 5.75 Å². The van der Waals surface area contributed by atoms with Crippen LogP contribution in [0.25, 0.3) is 0 Å². The van der Waals surface area contributed by atoms with Crippen molar-refractivity contribution in [2.24, 2.45) is 11.8 Å². The molecule has 0 aliphatic carbocycles. The first-order valence-corrected chi connectivity index (χ1v) is 10.9. The van der Waals surface area contributed by atoms with Crippen molar-refractivity contribution < 1.29 is 19.4 Å². The lowest BCUT2D eigenvalue weighted by atomic mass is 9.89. The number of benzene rings is 2. The van der Waals surface area contributed by atoms with Gasteiger partial charge < -0.3 is 14.7 Å². The van der Waals surface area contributed by atoms with Gasteiger partial charge in [0.2, 0.25) is 5.91 Å². The maximum atomic E-state index is 12.2. The largest absolute Gasteiger partial charge is 0.492 e. The predicted molar refractivity (Wildman–Crippen MR) is 120 cm³/mol. The molecule has 2 aliphatic rings. The molecule has 2 heterocycles. The molecular weight excluding hydrogens is 416 g/mol. The van der Waals surface area contributed by atoms with Crippen LogP contribution in [-0.4, -0.2) is 53.5 Å². The standard InChI is InChI=1S/C23H27ClN2O2.CH2O2/c1-3-28-22-10-9-17(11-21(22)24)12-25-13-19-14-26(16(2)27)23(20(19)15-25)18-7-5-4-6-8-18;2-1-3/h4-11,19-20,23H,3,12-15H2,1-2H3;1H,(H,2,3)/t19-,20-,23+;/m1./s1. The third-order valence-corrected chi connectivity index (χ3v) is 6.28. The maximum Gasteiger partial charge on any atom is 0.290 e. The minimum absolute atomic E-state index is 0.174. The van der Waals surface area contributed by atoms with E-state index in [1.165, 1.54) is 11.1 Å². The van der Waals surface area contributed by atoms with Crippen LogP contribution in [0.3, 0.4) is 0 Å². The lowest BCUT2D eigenvalue weighted by molar-refractivity contribution is -0.130. The molecule has 1 N–H and O–H groups in total. The van der Waals surface area contributed by atoms with Crippen molar-refractivity contribution in [2.45, 2.75) is 26.4 Å². The molecule has 0 saturated carbocycles. The van der Waals surface area contributed by atoms with Crippen LogP contribution in [0.2, 0.25) is 5.02 Å². The number of likely N-dealkylation sites (tertiary alicyclic amines) is 2. The second-order valence-electron chi connectivity index (χ2n) is 7.95. The molecule has 7 heteroatoms. The zero-order valence-electron chi connectivity index (χ0n) is 17.9. The smallest absolute Gasteiger partial charge is 0.290 e. The average molecular weight is 445 g/mol. The zero-order chi connectivity index (χ0) is 22.4. The van der Waals surface area contributed by atoms with Crippen molar-refractivity contribution in [2.75, 3.05) is 26.2 Å². The summed E-state index contributed by atoms with van der Waals surface area (Å²) in [5, 5.41) is 7.56. The molecule has 0 bridgehead atoms. The molecule has 0 spiro atoms. The highest BCUT2D eigenvalue weighted by Crippen LogP contribution is 2.45. The first-order valence-electron chi connectivity index (χ1n) is 10.5. The summed E-state index contributed by atoms with van der Waals surface area (Å²) in [6.07, 6.45) is 0. The van der Waals surface area contributed by atoms with Gasteiger partial charge in [-0.25, -0.2) is 0 Å². The minimum Gasteiger partial charge on any atom is -0.492 e. The van der Waals surface area contributed by atoms with E-state index >= 15 is 0 Å². The van der Waals surface area contributed by atoms with Gasteiger partial charge in [-0.05, 0) is 36.1 Å². The molecule has 0 unspecified atom stereocenters. The van der Waals surface area contributed by atoms with E-state index in [1.807, 2.05) is 25.1 Å². The monoisotopic (exact) mass is 444 g/mol. The van der Waals surface area contributed by atoms with Gasteiger partial charge in [-0.3, -0.25) is 14.5 Å². The summed E-state index contributed by atoms with van der Waals surface area (Å²) in [5.41, 5.74) is 2.45. The van der Waals surface area contributed by atoms with E-state index in [2.05, 4.69) is 40.1 Å². The van der Waals surface area contributed by atoms with E-state index in [-0.39, 0.29) is 18.4 Å². The fourth-order valence-electron chi connectivity index (χ4n) is 4.84. The number of carboxylic acid groups (broad SMARTS) is 1. The summed E-state index contributed by atoms with van der Waals surface area (Å²) >= 11 is 6.36. The summed E-state index contributed by atoms with van der Waals surface area (Å²) < 4.78 is 5.54. The molecule has 2 aromatic rings. The Kier molecular flexibility index (Phi) is 7.93. The fraction of sp³-hybridized carbons (Fsp3) is 0.417. The van der Waals surface area contributed by atoms with Gasteiger partial charge in [0, 0.05) is 39.0 Å². The molecule has 166 valence electrons. The number of hydrogen-bond donors (Lipinski definition) is 1. The number of carbonyl (C=O) groups is 2. The molecule has 1 amide bonds. The summed E-state index contributed by atoms with van der Waals surface area (Å²) in [6.45, 7) is 7.75. The highest BCUT2D eigenvalue weighted by atomic mass is 35.5. The Hall–Kier alpha value is -2.57. The van der Waals surface area contributed by atoms with E-state index in [0.29, 0.717) is 23.5 Å². The highest BCUT2D eigenvalue weighted by Gasteiger charge is 2.48. The van der Waals surface area contributed by atoms with Crippen molar-refractivity contribution in [3.63, 3.8) is 0 Å². The molecule has 31 heavy (non-hydrogen) atoms. The number of fused-ring (bicyclic) bond motifs is 1. The quantitative estimate of drug-likeness (QED) is 0.703. The molecule has 2 aromatic carbocycles. The van der Waals surface area contributed by atoms with Crippen molar-refractivity contribution in [1.82, 2.24) is 9.80 Å². The number of hydrogen-bond acceptors (Lipinski definition) is 4. The van der Waals surface area contributed by atoms with Gasteiger partial charge in [-0.15, -0.1) is 0 Å². The van der Waals surface area contributed by atoms with Crippen LogP contribution >= 0.6 is 11.6 Å². The Morgan fingerprint density at radius 3 is 2.52 bits per heavy atom. The van der Waals surface area contributed by atoms with Gasteiger partial charge in [0.05, 0.1) is 17.7 Å². The summed E-state index contributed by atoms with van der Waals surface area (Å²) in [6, 6.07) is 16.7. The second-order valence-corrected chi connectivity index (χ2v) is 8.36. The Bertz CT molecular complexity index is 892. The SMILES string of the molecule is CCOc1ccc(CN2C[C@@H]3CN(C(C)=O)[C@@H](c4ccccc4)[C@@H]3C2)cc1Cl.O=CO. The first kappa shape index (κ1) is 23.1. The van der Waals surface area contributed by atoms with E-state index < -0.39 is 0 Å². The third kappa shape index (κ3) is 5.38. The second kappa shape index (κ2) is 10.6. The van der Waals surface area contributed by atoms with Gasteiger partial charge in [-0.1, -0.05) is 48.0 Å². The Balaban J connectivity index is 0.000000858. The van der Waals surface area contributed by atoms with Gasteiger partial charge in [0.25, 0.3) is 6.47 Å². The maximum absolute atomic E-state index is 12.2. The highest BCUT2D eigenvalue weighted by molar-refractivity contribution is 6.32. The van der Waals surface area contributed by atoms with E-state index in [0.717, 1.165) is 31.9 Å². The van der Waals surface area contributed by atoms with Crippen LogP contribution in [-0.2, 0) is 16.1 Å². The lowest BCUT2D eigenvalue weighted by Crippen LogP contribution is -2.34. The predicted octanol–water partition coefficient (Wildman–Crippen LogP) is 4.09. The number of ether oxygens (including phenoxy) is 1. The van der Waals surface area contributed by atoms with E-state index in [4.69, 9.17) is 26.2 Å². The molecule has 2 fully saturated rings. The van der Waals surface area contributed by atoms with Gasteiger partial charge in [0.1, 0.15) is 5.75 Å². The lowest BCUT2D eigenvalue weighted by Gasteiger charge is -2.29. The van der Waals surface area contributed by atoms with Gasteiger partial charge in [-0.2, -0.15) is 0 Å². The molecule has 2 saturated heterocycles. The molecule has 2 aliphatic heterocycles. The minimum atomic E-state index is -0.250. The van der Waals surface area contributed by atoms with Crippen LogP contribution in [0, 0.1) is 11.8 Å². The van der Waals surface area contributed by atoms with E-state index in [9.17, 15) is 4.79 Å². The molecule has 6 nitrogen and oxygen atoms in total. The van der Waals surface area contributed by atoms with Crippen LogP contribution < -0.4 is 4.74 Å². The van der Waals surface area contributed by atoms with Crippen LogP contribution in [0.1, 0.15) is 31.0 Å². The summed E-state index contributed by atoms with van der Waals surface area (Å²) in [4.78, 5) is 25.2. The Labute approximate surface area is 188 Å². The molecule has 0 radical (unpaired) electrons. The number of nitrogens with zero attached hydrogens (tertiary/aromatic N) is 2. The Morgan fingerprint density at radius 2 is 1.90 bits per heavy atom. The summed E-state index contributed by atoms with van der Waals surface area (Å²) in [5.74, 6) is 1.91.